The molecule has 0 saturated carbocycles. The van der Waals surface area contributed by atoms with E-state index in [1.807, 2.05) is 0 Å². The van der Waals surface area contributed by atoms with Gasteiger partial charge in [-0.25, -0.2) is 15.0 Å². The van der Waals surface area contributed by atoms with Gasteiger partial charge < -0.3 is 28.4 Å². The second kappa shape index (κ2) is 79.8. The Hall–Kier alpha value is -4.73. The van der Waals surface area contributed by atoms with Gasteiger partial charge in [0.15, 0.2) is 34.5 Å². The van der Waals surface area contributed by atoms with Crippen LogP contribution in [0.3, 0.4) is 0 Å². The number of aliphatic imine (C=N–C) groups is 3. The van der Waals surface area contributed by atoms with Gasteiger partial charge >= 0.3 is 0 Å². The number of unbranched alkanes of at least 4 members (excludes halogenated alkanes) is 78. The third-order valence-electron chi connectivity index (χ3n) is 27.8. The van der Waals surface area contributed by atoms with Crippen LogP contribution in [0.4, 0.5) is 17.1 Å². The summed E-state index contributed by atoms with van der Waals surface area (Å²) < 4.78 is 42.1. The maximum absolute atomic E-state index is 7.02. The number of hydrogen-bond donors (Lipinski definition) is 0. The zero-order valence-electron chi connectivity index (χ0n) is 84.8. The molecule has 0 bridgehead atoms. The van der Waals surface area contributed by atoms with Crippen LogP contribution in [-0.4, -0.2) is 62.0 Å². The van der Waals surface area contributed by atoms with Crippen molar-refractivity contribution in [3.05, 3.63) is 53.1 Å². The number of benzene rings is 3. The van der Waals surface area contributed by atoms with Gasteiger partial charge in [0.25, 0.3) is 0 Å². The number of fused-ring (bicyclic) bond motifs is 6. The van der Waals surface area contributed by atoms with Crippen molar-refractivity contribution in [2.45, 2.75) is 581 Å². The Morgan fingerprint density at radius 2 is 0.260 bits per heavy atom. The highest BCUT2D eigenvalue weighted by atomic mass is 16.5. The summed E-state index contributed by atoms with van der Waals surface area (Å²) in [7, 11) is 0. The third-order valence-corrected chi connectivity index (χ3v) is 27.8. The quantitative estimate of drug-likeness (QED) is 0.0520. The van der Waals surface area contributed by atoms with Gasteiger partial charge in [-0.15, -0.1) is 0 Å². The minimum absolute atomic E-state index is 0.633. The highest BCUT2D eigenvalue weighted by Crippen LogP contribution is 2.49. The summed E-state index contributed by atoms with van der Waals surface area (Å²) in [6.45, 7) is 17.7. The predicted molar refractivity (Wildman–Crippen MR) is 555 cm³/mol. The molecule has 0 saturated heterocycles. The van der Waals surface area contributed by atoms with Crippen LogP contribution in [0.2, 0.25) is 0 Å². The Morgan fingerprint density at radius 1 is 0.150 bits per heavy atom. The van der Waals surface area contributed by atoms with Gasteiger partial charge in [0.1, 0.15) is 17.5 Å². The SMILES string of the molecule is CCCCCCCCCCCCCCCCOc1cc2c(cc1OCCCCCCCCCCCCCCCC)C1=Nc3cc(OCCCCCCCCCCCCCCCC)c(OCCCCCCCCCCCCCCCC)cc3C3=Nc4cc(OCCCCCCCCCCCCCCCC)c(OCCCCCCCCCCCCCCCC)cc4C(=N2)N13. The Morgan fingerprint density at radius 3 is 0.386 bits per heavy atom. The van der Waals surface area contributed by atoms with Gasteiger partial charge in [0, 0.05) is 34.9 Å². The molecule has 0 amide bonds. The second-order valence-corrected chi connectivity index (χ2v) is 39.8. The lowest BCUT2D eigenvalue weighted by Crippen LogP contribution is -2.48. The second-order valence-electron chi connectivity index (χ2n) is 39.8. The fourth-order valence-electron chi connectivity index (χ4n) is 19.3. The van der Waals surface area contributed by atoms with Crippen molar-refractivity contribution in [3.8, 4) is 34.5 Å². The summed E-state index contributed by atoms with van der Waals surface area (Å²) in [6.07, 6.45) is 111. The zero-order valence-corrected chi connectivity index (χ0v) is 84.8. The average molecular weight is 1760 g/mol. The smallest absolute Gasteiger partial charge is 0.163 e. The van der Waals surface area contributed by atoms with E-state index in [0.29, 0.717) is 39.6 Å². The molecule has 3 aliphatic rings. The molecule has 0 spiro atoms. The first-order valence-electron chi connectivity index (χ1n) is 56.9. The van der Waals surface area contributed by atoms with E-state index in [-0.39, 0.29) is 0 Å². The molecule has 10 heteroatoms. The van der Waals surface area contributed by atoms with E-state index in [0.717, 1.165) is 163 Å². The van der Waals surface area contributed by atoms with Crippen molar-refractivity contribution >= 4 is 34.6 Å². The normalized spacial score (nSPS) is 12.6. The summed E-state index contributed by atoms with van der Waals surface area (Å²) >= 11 is 0. The first-order chi connectivity index (χ1) is 63.0. The van der Waals surface area contributed by atoms with Gasteiger partial charge in [-0.05, 0) is 56.7 Å². The third kappa shape index (κ3) is 52.5. The summed E-state index contributed by atoms with van der Waals surface area (Å²) in [6, 6.07) is 13.1. The van der Waals surface area contributed by atoms with Crippen molar-refractivity contribution in [3.63, 3.8) is 0 Å². The molecule has 10 nitrogen and oxygen atoms in total. The molecule has 0 unspecified atom stereocenters. The van der Waals surface area contributed by atoms with Crippen LogP contribution in [0.25, 0.3) is 0 Å². The molecule has 127 heavy (non-hydrogen) atoms. The van der Waals surface area contributed by atoms with Gasteiger partial charge in [0.2, 0.25) is 0 Å². The van der Waals surface area contributed by atoms with Crippen LogP contribution >= 0.6 is 0 Å². The first-order valence-corrected chi connectivity index (χ1v) is 56.9. The lowest BCUT2D eigenvalue weighted by molar-refractivity contribution is 0.258. The fraction of sp³-hybridized carbons (Fsp3) is 0.821. The Labute approximate surface area is 786 Å². The Balaban J connectivity index is 1.30. The van der Waals surface area contributed by atoms with Gasteiger partial charge in [-0.2, -0.15) is 0 Å². The lowest BCUT2D eigenvalue weighted by atomic mass is 9.97. The van der Waals surface area contributed by atoms with Crippen LogP contribution < -0.4 is 28.4 Å². The van der Waals surface area contributed by atoms with Crippen LogP contribution in [0.1, 0.15) is 598 Å². The molecule has 0 fully saturated rings. The van der Waals surface area contributed by atoms with Crippen LogP contribution in [0.15, 0.2) is 51.4 Å². The van der Waals surface area contributed by atoms with E-state index in [4.69, 9.17) is 43.4 Å². The summed E-state index contributed by atoms with van der Waals surface area (Å²) in [5.41, 5.74) is 5.21. The van der Waals surface area contributed by atoms with E-state index >= 15 is 0 Å². The van der Waals surface area contributed by atoms with E-state index < -0.39 is 0 Å². The topological polar surface area (TPSA) is 95.7 Å². The molecule has 728 valence electrons. The van der Waals surface area contributed by atoms with E-state index in [1.165, 1.54) is 462 Å². The molecule has 3 aliphatic heterocycles. The summed E-state index contributed by atoms with van der Waals surface area (Å²) in [4.78, 5) is 19.7. The van der Waals surface area contributed by atoms with Crippen molar-refractivity contribution in [1.82, 2.24) is 4.90 Å². The van der Waals surface area contributed by atoms with Crippen molar-refractivity contribution in [1.29, 1.82) is 0 Å². The minimum Gasteiger partial charge on any atom is -0.490 e. The van der Waals surface area contributed by atoms with Crippen molar-refractivity contribution in [2.24, 2.45) is 15.0 Å². The maximum Gasteiger partial charge on any atom is 0.163 e. The van der Waals surface area contributed by atoms with E-state index in [1.54, 1.807) is 0 Å². The van der Waals surface area contributed by atoms with Crippen molar-refractivity contribution < 1.29 is 28.4 Å². The molecule has 0 aromatic heterocycles. The van der Waals surface area contributed by atoms with Crippen LogP contribution in [0, 0.1) is 0 Å². The molecular weight excluding hydrogens is 1560 g/mol. The summed E-state index contributed by atoms with van der Waals surface area (Å²) in [5, 5.41) is 0. The minimum atomic E-state index is 0.633. The molecule has 0 atom stereocenters. The van der Waals surface area contributed by atoms with E-state index in [9.17, 15) is 0 Å². The monoisotopic (exact) mass is 1760 g/mol. The number of ether oxygens (including phenoxy) is 6. The van der Waals surface area contributed by atoms with Crippen LogP contribution in [0.5, 0.6) is 34.5 Å². The van der Waals surface area contributed by atoms with Gasteiger partial charge in [-0.3, -0.25) is 4.90 Å². The standard InChI is InChI=1S/C117H204N4O6/c1-7-13-19-25-31-37-43-49-55-61-67-73-79-85-91-122-109-97-103-106(100-112(109)125-94-88-82-76-70-64-58-52-46-40-34-28-22-16-10-4)118-116-105-99-111(124-93-87-81-75-69-63-57-51-45-39-33-27-21-15-9-3)114(127-96-90-84-78-72-66-60-54-48-42-36-30-24-18-12-6)102-108(105)120-117-104-98-110(123-92-86-80-74-68-62-56-50-44-38-32-26-20-14-8-2)113(101-107(104)119-115(103)121(116)117)126-95-89-83-77-71-65-59-53-47-41-35-29-23-17-11-5/h97-102H,7-96H2,1-6H3. The lowest BCUT2D eigenvalue weighted by Gasteiger charge is -2.39. The molecule has 0 aliphatic carbocycles. The highest BCUT2D eigenvalue weighted by Gasteiger charge is 2.41. The molecule has 3 aromatic rings. The predicted octanol–water partition coefficient (Wildman–Crippen LogP) is 39.7. The number of amidine groups is 3. The van der Waals surface area contributed by atoms with Gasteiger partial charge in [-0.1, -0.05) is 542 Å². The van der Waals surface area contributed by atoms with Crippen LogP contribution in [-0.2, 0) is 0 Å². The largest absolute Gasteiger partial charge is 0.490 e. The van der Waals surface area contributed by atoms with Crippen molar-refractivity contribution in [2.75, 3.05) is 39.6 Å². The summed E-state index contributed by atoms with van der Waals surface area (Å²) in [5.74, 6) is 6.96. The average Bonchev–Trinajstić information content (AvgIpc) is 0.708. The number of rotatable bonds is 96. The molecular formula is C117H204N4O6. The molecule has 0 radical (unpaired) electrons. The Kier molecular flexibility index (Phi) is 69.7. The fourth-order valence-corrected chi connectivity index (χ4v) is 19.3. The van der Waals surface area contributed by atoms with E-state index in [2.05, 4.69) is 82.8 Å². The van der Waals surface area contributed by atoms with Gasteiger partial charge in [0.05, 0.1) is 56.7 Å². The molecule has 3 aromatic carbocycles. The first kappa shape index (κ1) is 111. The molecule has 3 heterocycles. The zero-order chi connectivity index (χ0) is 89.5. The molecule has 0 N–H and O–H groups in total. The molecule has 6 rings (SSSR count). The Bertz CT molecular complexity index is 2830. The highest BCUT2D eigenvalue weighted by molar-refractivity contribution is 6.36. The maximum atomic E-state index is 7.02. The number of hydrogen-bond acceptors (Lipinski definition) is 10. The number of nitrogens with zero attached hydrogens (tertiary/aromatic N) is 4.